The molecule has 0 aromatic carbocycles. The van der Waals surface area contributed by atoms with Crippen LogP contribution < -0.4 is 9.80 Å². The molecular formula is C20H22N8. The molecule has 1 aliphatic rings. The molecule has 1 aliphatic heterocycles. The van der Waals surface area contributed by atoms with Crippen LogP contribution in [0.4, 0.5) is 11.6 Å². The van der Waals surface area contributed by atoms with Crippen LogP contribution in [-0.2, 0) is 0 Å². The number of aryl methyl sites for hydroxylation is 2. The Hall–Kier alpha value is -3.42. The monoisotopic (exact) mass is 374 g/mol. The van der Waals surface area contributed by atoms with Crippen molar-refractivity contribution in [1.82, 2.24) is 29.4 Å². The summed E-state index contributed by atoms with van der Waals surface area (Å²) in [6.45, 7) is 7.68. The van der Waals surface area contributed by atoms with Gasteiger partial charge in [-0.1, -0.05) is 6.07 Å². The lowest BCUT2D eigenvalue weighted by Gasteiger charge is -2.36. The molecule has 1 saturated heterocycles. The van der Waals surface area contributed by atoms with Crippen LogP contribution in [0.15, 0.2) is 48.9 Å². The van der Waals surface area contributed by atoms with Gasteiger partial charge in [-0.15, -0.1) is 0 Å². The molecule has 0 aliphatic carbocycles. The molecule has 0 spiro atoms. The Morgan fingerprint density at radius 3 is 2.43 bits per heavy atom. The van der Waals surface area contributed by atoms with Crippen molar-refractivity contribution < 1.29 is 0 Å². The second-order valence-electron chi connectivity index (χ2n) is 7.15. The van der Waals surface area contributed by atoms with Crippen molar-refractivity contribution in [3.05, 3.63) is 60.2 Å². The van der Waals surface area contributed by atoms with Gasteiger partial charge >= 0.3 is 0 Å². The van der Waals surface area contributed by atoms with E-state index in [0.717, 1.165) is 60.5 Å². The van der Waals surface area contributed by atoms with E-state index < -0.39 is 0 Å². The van der Waals surface area contributed by atoms with Gasteiger partial charge in [0.25, 0.3) is 0 Å². The number of pyridine rings is 1. The molecule has 28 heavy (non-hydrogen) atoms. The highest BCUT2D eigenvalue weighted by atomic mass is 15.4. The first-order valence-electron chi connectivity index (χ1n) is 9.47. The Morgan fingerprint density at radius 1 is 0.857 bits per heavy atom. The molecule has 0 amide bonds. The van der Waals surface area contributed by atoms with E-state index in [1.165, 1.54) is 0 Å². The quantitative estimate of drug-likeness (QED) is 0.548. The number of nitrogens with zero attached hydrogens (tertiary/aromatic N) is 8. The Balaban J connectivity index is 1.35. The largest absolute Gasteiger partial charge is 0.353 e. The second-order valence-corrected chi connectivity index (χ2v) is 7.15. The van der Waals surface area contributed by atoms with Crippen molar-refractivity contribution in [1.29, 1.82) is 0 Å². The zero-order valence-electron chi connectivity index (χ0n) is 16.0. The summed E-state index contributed by atoms with van der Waals surface area (Å²) in [7, 11) is 0. The Labute approximate surface area is 163 Å². The van der Waals surface area contributed by atoms with Gasteiger partial charge in [0.15, 0.2) is 11.5 Å². The predicted octanol–water partition coefficient (Wildman–Crippen LogP) is 2.25. The minimum atomic E-state index is 0.844. The van der Waals surface area contributed by atoms with Gasteiger partial charge in [0.2, 0.25) is 0 Å². The van der Waals surface area contributed by atoms with E-state index in [4.69, 9.17) is 4.98 Å². The maximum Gasteiger partial charge on any atom is 0.157 e. The Bertz CT molecular complexity index is 1120. The topological polar surface area (TPSA) is 67.4 Å². The fraction of sp³-hybridized carbons (Fsp3) is 0.300. The van der Waals surface area contributed by atoms with Crippen molar-refractivity contribution >= 4 is 17.3 Å². The number of piperazine rings is 1. The normalized spacial score (nSPS) is 14.8. The SMILES string of the molecule is Cc1cnn(-c2cccc(N3CCN(c4cc(C)nc5ccnn45)CC3)n2)c1. The molecule has 4 aromatic heterocycles. The van der Waals surface area contributed by atoms with Gasteiger partial charge in [0, 0.05) is 50.2 Å². The predicted molar refractivity (Wildman–Crippen MR) is 108 cm³/mol. The zero-order chi connectivity index (χ0) is 19.1. The lowest BCUT2D eigenvalue weighted by molar-refractivity contribution is 0.632. The number of hydrogen-bond donors (Lipinski definition) is 0. The van der Waals surface area contributed by atoms with Crippen LogP contribution in [-0.4, -0.2) is 55.5 Å². The number of aromatic nitrogens is 6. The second kappa shape index (κ2) is 6.63. The standard InChI is InChI=1S/C20H22N8/c1-15-13-22-27(14-15)18-5-3-4-17(24-18)25-8-10-26(11-9-25)20-12-16(2)23-19-6-7-21-28(19)20/h3-7,12-14H,8-11H2,1-2H3. The molecular weight excluding hydrogens is 352 g/mol. The van der Waals surface area contributed by atoms with Gasteiger partial charge < -0.3 is 9.80 Å². The van der Waals surface area contributed by atoms with Crippen molar-refractivity contribution in [2.24, 2.45) is 0 Å². The van der Waals surface area contributed by atoms with E-state index in [9.17, 15) is 0 Å². The first-order chi connectivity index (χ1) is 13.7. The Kier molecular flexibility index (Phi) is 3.96. The lowest BCUT2D eigenvalue weighted by Crippen LogP contribution is -2.47. The van der Waals surface area contributed by atoms with E-state index in [0.29, 0.717) is 0 Å². The van der Waals surface area contributed by atoms with Gasteiger partial charge in [0.1, 0.15) is 11.6 Å². The maximum absolute atomic E-state index is 4.81. The van der Waals surface area contributed by atoms with E-state index in [1.54, 1.807) is 6.20 Å². The maximum atomic E-state index is 4.81. The van der Waals surface area contributed by atoms with Crippen LogP contribution in [0.3, 0.4) is 0 Å². The van der Waals surface area contributed by atoms with Gasteiger partial charge in [-0.25, -0.2) is 14.6 Å². The highest BCUT2D eigenvalue weighted by Gasteiger charge is 2.21. The summed E-state index contributed by atoms with van der Waals surface area (Å²) in [5, 5.41) is 8.80. The molecule has 0 atom stereocenters. The van der Waals surface area contributed by atoms with Crippen molar-refractivity contribution in [3.63, 3.8) is 0 Å². The fourth-order valence-corrected chi connectivity index (χ4v) is 3.66. The first-order valence-corrected chi connectivity index (χ1v) is 9.47. The number of anilines is 2. The van der Waals surface area contributed by atoms with Gasteiger partial charge in [-0.05, 0) is 31.5 Å². The van der Waals surface area contributed by atoms with Crippen LogP contribution >= 0.6 is 0 Å². The van der Waals surface area contributed by atoms with E-state index in [1.807, 2.05) is 53.6 Å². The molecule has 8 nitrogen and oxygen atoms in total. The minimum absolute atomic E-state index is 0.844. The molecule has 142 valence electrons. The highest BCUT2D eigenvalue weighted by Crippen LogP contribution is 2.21. The van der Waals surface area contributed by atoms with Crippen molar-refractivity contribution in [2.75, 3.05) is 36.0 Å². The fourth-order valence-electron chi connectivity index (χ4n) is 3.66. The third kappa shape index (κ3) is 2.96. The molecule has 5 heterocycles. The molecule has 4 aromatic rings. The molecule has 0 bridgehead atoms. The van der Waals surface area contributed by atoms with Gasteiger partial charge in [-0.2, -0.15) is 14.7 Å². The highest BCUT2D eigenvalue weighted by molar-refractivity contribution is 5.52. The van der Waals surface area contributed by atoms with Crippen LogP contribution in [0.2, 0.25) is 0 Å². The summed E-state index contributed by atoms with van der Waals surface area (Å²) < 4.78 is 3.74. The third-order valence-corrected chi connectivity index (χ3v) is 5.06. The lowest BCUT2D eigenvalue weighted by atomic mass is 10.3. The molecule has 1 fully saturated rings. The van der Waals surface area contributed by atoms with E-state index in [-0.39, 0.29) is 0 Å². The van der Waals surface area contributed by atoms with Crippen molar-refractivity contribution in [3.8, 4) is 5.82 Å². The summed E-state index contributed by atoms with van der Waals surface area (Å²) in [6, 6.07) is 10.1. The molecule has 5 rings (SSSR count). The molecule has 0 unspecified atom stereocenters. The summed E-state index contributed by atoms with van der Waals surface area (Å²) in [5.74, 6) is 2.93. The third-order valence-electron chi connectivity index (χ3n) is 5.06. The van der Waals surface area contributed by atoms with Gasteiger partial charge in [-0.3, -0.25) is 0 Å². The van der Waals surface area contributed by atoms with Gasteiger partial charge in [0.05, 0.1) is 12.4 Å². The minimum Gasteiger partial charge on any atom is -0.353 e. The summed E-state index contributed by atoms with van der Waals surface area (Å²) >= 11 is 0. The van der Waals surface area contributed by atoms with Crippen LogP contribution in [0.1, 0.15) is 11.3 Å². The van der Waals surface area contributed by atoms with Crippen LogP contribution in [0, 0.1) is 13.8 Å². The van der Waals surface area contributed by atoms with Crippen LogP contribution in [0.5, 0.6) is 0 Å². The zero-order valence-corrected chi connectivity index (χ0v) is 16.0. The first kappa shape index (κ1) is 16.7. The summed E-state index contributed by atoms with van der Waals surface area (Å²) in [6.07, 6.45) is 5.64. The summed E-state index contributed by atoms with van der Waals surface area (Å²) in [5.41, 5.74) is 3.02. The molecule has 0 N–H and O–H groups in total. The Morgan fingerprint density at radius 2 is 1.64 bits per heavy atom. The molecule has 8 heteroatoms. The molecule has 0 saturated carbocycles. The summed E-state index contributed by atoms with van der Waals surface area (Å²) in [4.78, 5) is 14.0. The smallest absolute Gasteiger partial charge is 0.157 e. The molecule has 0 radical (unpaired) electrons. The average molecular weight is 374 g/mol. The van der Waals surface area contributed by atoms with E-state index in [2.05, 4.69) is 37.1 Å². The van der Waals surface area contributed by atoms with Crippen LogP contribution in [0.25, 0.3) is 11.5 Å². The number of rotatable bonds is 3. The average Bonchev–Trinajstić information content (AvgIpc) is 3.36. The number of fused-ring (bicyclic) bond motifs is 1. The number of hydrogen-bond acceptors (Lipinski definition) is 6. The van der Waals surface area contributed by atoms with Crippen molar-refractivity contribution in [2.45, 2.75) is 13.8 Å². The van der Waals surface area contributed by atoms with E-state index >= 15 is 0 Å².